The van der Waals surface area contributed by atoms with Crippen molar-refractivity contribution in [2.24, 2.45) is 5.92 Å². The highest BCUT2D eigenvalue weighted by Gasteiger charge is 2.02. The Morgan fingerprint density at radius 2 is 0.946 bits per heavy atom. The number of hydrogen-bond donors (Lipinski definition) is 2. The predicted molar refractivity (Wildman–Crippen MR) is 163 cm³/mol. The topological polar surface area (TPSA) is 41.1 Å². The average molecular weight is 515 g/mol. The molecule has 1 amide bonds. The molecule has 0 atom stereocenters. The highest BCUT2D eigenvalue weighted by molar-refractivity contribution is 5.94. The fourth-order valence-corrected chi connectivity index (χ4v) is 5.04. The van der Waals surface area contributed by atoms with Gasteiger partial charge in [-0.2, -0.15) is 0 Å². The molecule has 37 heavy (non-hydrogen) atoms. The SMILES string of the molecule is CC(C)CCCCCCCCCCCCCCCCCCCCCNCCCNC(=O)c1ccccc1. The zero-order valence-electron chi connectivity index (χ0n) is 24.8. The van der Waals surface area contributed by atoms with Gasteiger partial charge in [0.05, 0.1) is 0 Å². The molecule has 3 heteroatoms. The van der Waals surface area contributed by atoms with E-state index in [1.807, 2.05) is 30.3 Å². The van der Waals surface area contributed by atoms with Crippen LogP contribution in [0.15, 0.2) is 30.3 Å². The van der Waals surface area contributed by atoms with Gasteiger partial charge in [0.2, 0.25) is 0 Å². The first kappa shape index (κ1) is 33.7. The van der Waals surface area contributed by atoms with Crippen LogP contribution in [0.5, 0.6) is 0 Å². The maximum Gasteiger partial charge on any atom is 0.251 e. The van der Waals surface area contributed by atoms with Gasteiger partial charge in [0.1, 0.15) is 0 Å². The Bertz CT molecular complexity index is 601. The molecule has 1 aromatic rings. The summed E-state index contributed by atoms with van der Waals surface area (Å²) >= 11 is 0. The molecule has 0 bridgehead atoms. The van der Waals surface area contributed by atoms with Gasteiger partial charge in [-0.25, -0.2) is 0 Å². The summed E-state index contributed by atoms with van der Waals surface area (Å²) in [6.45, 7) is 7.50. The zero-order chi connectivity index (χ0) is 26.7. The van der Waals surface area contributed by atoms with E-state index >= 15 is 0 Å². The summed E-state index contributed by atoms with van der Waals surface area (Å²) < 4.78 is 0. The van der Waals surface area contributed by atoms with Crippen molar-refractivity contribution in [3.05, 3.63) is 35.9 Å². The largest absolute Gasteiger partial charge is 0.352 e. The third-order valence-corrected chi connectivity index (χ3v) is 7.49. The van der Waals surface area contributed by atoms with Crippen LogP contribution < -0.4 is 10.6 Å². The van der Waals surface area contributed by atoms with Crippen LogP contribution in [0.3, 0.4) is 0 Å². The van der Waals surface area contributed by atoms with E-state index in [0.29, 0.717) is 0 Å². The molecule has 0 aliphatic rings. The van der Waals surface area contributed by atoms with Gasteiger partial charge in [-0.1, -0.05) is 154 Å². The summed E-state index contributed by atoms with van der Waals surface area (Å²) in [7, 11) is 0. The lowest BCUT2D eigenvalue weighted by atomic mass is 10.0. The van der Waals surface area contributed by atoms with Crippen molar-refractivity contribution in [1.82, 2.24) is 10.6 Å². The number of rotatable bonds is 27. The van der Waals surface area contributed by atoms with E-state index in [-0.39, 0.29) is 5.91 Å². The van der Waals surface area contributed by atoms with Gasteiger partial charge in [-0.15, -0.1) is 0 Å². The first-order valence-electron chi connectivity index (χ1n) is 16.2. The Hall–Kier alpha value is -1.35. The Morgan fingerprint density at radius 1 is 0.541 bits per heavy atom. The monoisotopic (exact) mass is 514 g/mol. The Labute approximate surface area is 231 Å². The van der Waals surface area contributed by atoms with Gasteiger partial charge in [-0.3, -0.25) is 4.79 Å². The molecule has 214 valence electrons. The van der Waals surface area contributed by atoms with Crippen LogP contribution in [0.1, 0.15) is 159 Å². The van der Waals surface area contributed by atoms with Crippen LogP contribution in [-0.4, -0.2) is 25.5 Å². The second-order valence-corrected chi connectivity index (χ2v) is 11.6. The molecule has 0 aliphatic carbocycles. The molecule has 0 heterocycles. The minimum Gasteiger partial charge on any atom is -0.352 e. The summed E-state index contributed by atoms with van der Waals surface area (Å²) in [6, 6.07) is 9.44. The van der Waals surface area contributed by atoms with E-state index in [1.54, 1.807) is 0 Å². The molecule has 0 fully saturated rings. The molecule has 0 aromatic heterocycles. The van der Waals surface area contributed by atoms with Gasteiger partial charge < -0.3 is 10.6 Å². The molecule has 0 radical (unpaired) electrons. The number of nitrogens with one attached hydrogen (secondary N) is 2. The van der Waals surface area contributed by atoms with Gasteiger partial charge in [-0.05, 0) is 44.0 Å². The number of benzene rings is 1. The fourth-order valence-electron chi connectivity index (χ4n) is 5.04. The Balaban J connectivity index is 1.67. The summed E-state index contributed by atoms with van der Waals surface area (Å²) in [4.78, 5) is 12.0. The second-order valence-electron chi connectivity index (χ2n) is 11.6. The van der Waals surface area contributed by atoms with E-state index < -0.39 is 0 Å². The summed E-state index contributed by atoms with van der Waals surface area (Å²) in [5, 5.41) is 6.50. The number of hydrogen-bond acceptors (Lipinski definition) is 2. The zero-order valence-corrected chi connectivity index (χ0v) is 24.8. The van der Waals surface area contributed by atoms with Crippen LogP contribution in [0.4, 0.5) is 0 Å². The minimum absolute atomic E-state index is 0.0275. The maximum absolute atomic E-state index is 12.0. The summed E-state index contributed by atoms with van der Waals surface area (Å²) in [5.74, 6) is 0.912. The second kappa shape index (κ2) is 26.3. The maximum atomic E-state index is 12.0. The summed E-state index contributed by atoms with van der Waals surface area (Å²) in [6.07, 6.45) is 29.6. The van der Waals surface area contributed by atoms with Crippen molar-refractivity contribution >= 4 is 5.91 Å². The molecule has 3 nitrogen and oxygen atoms in total. The van der Waals surface area contributed by atoms with Crippen molar-refractivity contribution in [2.45, 2.75) is 149 Å². The lowest BCUT2D eigenvalue weighted by molar-refractivity contribution is 0.0953. The molecule has 0 saturated heterocycles. The van der Waals surface area contributed by atoms with Crippen molar-refractivity contribution in [2.75, 3.05) is 19.6 Å². The number of amides is 1. The third-order valence-electron chi connectivity index (χ3n) is 7.49. The van der Waals surface area contributed by atoms with Crippen molar-refractivity contribution in [1.29, 1.82) is 0 Å². The van der Waals surface area contributed by atoms with Crippen LogP contribution in [0.2, 0.25) is 0 Å². The van der Waals surface area contributed by atoms with E-state index in [1.165, 1.54) is 128 Å². The molecule has 1 rings (SSSR count). The van der Waals surface area contributed by atoms with Crippen molar-refractivity contribution in [3.63, 3.8) is 0 Å². The predicted octanol–water partition coefficient (Wildman–Crippen LogP) is 9.85. The number of unbranched alkanes of at least 4 members (excludes halogenated alkanes) is 18. The fraction of sp³-hybridized carbons (Fsp3) is 0.794. The molecule has 0 unspecified atom stereocenters. The molecule has 0 saturated carbocycles. The Kier molecular flexibility index (Phi) is 23.9. The Morgan fingerprint density at radius 3 is 1.41 bits per heavy atom. The van der Waals surface area contributed by atoms with Crippen LogP contribution in [-0.2, 0) is 0 Å². The highest BCUT2D eigenvalue weighted by Crippen LogP contribution is 2.15. The number of carbonyl (C=O) groups excluding carboxylic acids is 1. The first-order chi connectivity index (χ1) is 18.2. The lowest BCUT2D eigenvalue weighted by Crippen LogP contribution is -2.27. The van der Waals surface area contributed by atoms with Gasteiger partial charge in [0, 0.05) is 12.1 Å². The average Bonchev–Trinajstić information content (AvgIpc) is 2.90. The lowest BCUT2D eigenvalue weighted by Gasteiger charge is -2.07. The summed E-state index contributed by atoms with van der Waals surface area (Å²) in [5.41, 5.74) is 0.741. The van der Waals surface area contributed by atoms with Crippen LogP contribution in [0.25, 0.3) is 0 Å². The van der Waals surface area contributed by atoms with Gasteiger partial charge in [0.25, 0.3) is 5.91 Å². The molecule has 1 aromatic carbocycles. The normalized spacial score (nSPS) is 11.3. The molecule has 0 aliphatic heterocycles. The molecule has 0 spiro atoms. The standard InChI is InChI=1S/C34H62N2O/c1-32(2)26-21-18-16-14-12-10-8-6-4-3-5-7-9-11-13-15-17-19-24-29-35-30-25-31-36-34(37)33-27-22-20-23-28-33/h20,22-23,27-28,32,35H,3-19,21,24-26,29-31H2,1-2H3,(H,36,37). The third kappa shape index (κ3) is 23.5. The van der Waals surface area contributed by atoms with Crippen LogP contribution >= 0.6 is 0 Å². The first-order valence-corrected chi connectivity index (χ1v) is 16.2. The molecule has 2 N–H and O–H groups in total. The van der Waals surface area contributed by atoms with E-state index in [4.69, 9.17) is 0 Å². The van der Waals surface area contributed by atoms with Crippen molar-refractivity contribution < 1.29 is 4.79 Å². The molecular formula is C34H62N2O. The molecular weight excluding hydrogens is 452 g/mol. The minimum atomic E-state index is 0.0275. The van der Waals surface area contributed by atoms with Gasteiger partial charge in [0.15, 0.2) is 0 Å². The van der Waals surface area contributed by atoms with E-state index in [0.717, 1.165) is 37.5 Å². The van der Waals surface area contributed by atoms with Crippen LogP contribution in [0, 0.1) is 5.92 Å². The number of carbonyl (C=O) groups is 1. The quantitative estimate of drug-likeness (QED) is 0.115. The highest BCUT2D eigenvalue weighted by atomic mass is 16.1. The van der Waals surface area contributed by atoms with E-state index in [9.17, 15) is 4.79 Å². The van der Waals surface area contributed by atoms with Gasteiger partial charge >= 0.3 is 0 Å². The van der Waals surface area contributed by atoms with E-state index in [2.05, 4.69) is 24.5 Å². The smallest absolute Gasteiger partial charge is 0.251 e. The van der Waals surface area contributed by atoms with Crippen molar-refractivity contribution in [3.8, 4) is 0 Å².